The molecular formula is C31H37N3O7. The van der Waals surface area contributed by atoms with Crippen LogP contribution in [-0.2, 0) is 16.0 Å². The van der Waals surface area contributed by atoms with Crippen molar-refractivity contribution in [2.45, 2.75) is 39.8 Å². The summed E-state index contributed by atoms with van der Waals surface area (Å²) in [4.78, 5) is 37.1. The second-order valence-corrected chi connectivity index (χ2v) is 9.19. The topological polar surface area (TPSA) is 124 Å². The van der Waals surface area contributed by atoms with Crippen molar-refractivity contribution >= 4 is 29.2 Å². The van der Waals surface area contributed by atoms with Gasteiger partial charge in [-0.05, 0) is 68.3 Å². The van der Waals surface area contributed by atoms with Crippen LogP contribution in [0.4, 0.5) is 16.2 Å². The number of ketones is 1. The summed E-state index contributed by atoms with van der Waals surface area (Å²) in [5, 5.41) is 8.78. The molecule has 10 heteroatoms. The summed E-state index contributed by atoms with van der Waals surface area (Å²) in [7, 11) is 3.00. The first-order chi connectivity index (χ1) is 19.7. The number of urea groups is 1. The van der Waals surface area contributed by atoms with Gasteiger partial charge in [0.2, 0.25) is 0 Å². The average Bonchev–Trinajstić information content (AvgIpc) is 2.95. The predicted molar refractivity (Wildman–Crippen MR) is 157 cm³/mol. The number of amides is 2. The van der Waals surface area contributed by atoms with E-state index < -0.39 is 18.2 Å². The van der Waals surface area contributed by atoms with E-state index in [0.717, 1.165) is 11.1 Å². The van der Waals surface area contributed by atoms with Gasteiger partial charge in [0.1, 0.15) is 17.8 Å². The first-order valence-electron chi connectivity index (χ1n) is 13.3. The molecule has 0 aliphatic heterocycles. The zero-order chi connectivity index (χ0) is 29.8. The third-order valence-corrected chi connectivity index (χ3v) is 6.12. The summed E-state index contributed by atoms with van der Waals surface area (Å²) in [5.74, 6) is 0.911. The van der Waals surface area contributed by atoms with Gasteiger partial charge >= 0.3 is 12.0 Å². The lowest BCUT2D eigenvalue weighted by molar-refractivity contribution is -0.118. The molecule has 1 atom stereocenters. The zero-order valence-electron chi connectivity index (χ0n) is 24.0. The number of carbonyl (C=O) groups is 3. The van der Waals surface area contributed by atoms with Gasteiger partial charge in [0, 0.05) is 25.1 Å². The minimum atomic E-state index is -0.436. The summed E-state index contributed by atoms with van der Waals surface area (Å²) in [6.07, 6.45) is 0.0845. The molecule has 0 fully saturated rings. The highest BCUT2D eigenvalue weighted by atomic mass is 16.5. The second-order valence-electron chi connectivity index (χ2n) is 9.19. The van der Waals surface area contributed by atoms with Crippen molar-refractivity contribution in [3.8, 4) is 17.2 Å². The lowest BCUT2D eigenvalue weighted by atomic mass is 10.1. The largest absolute Gasteiger partial charge is 0.495 e. The molecule has 0 heterocycles. The molecule has 3 rings (SSSR count). The van der Waals surface area contributed by atoms with Crippen molar-refractivity contribution in [1.29, 1.82) is 0 Å². The number of para-hydroxylation sites is 1. The molecule has 0 radical (unpaired) electrons. The van der Waals surface area contributed by atoms with Crippen LogP contribution in [0.25, 0.3) is 0 Å². The second kappa shape index (κ2) is 15.3. The number of Topliss-reactive ketones (excluding diaryl/α,β-unsaturated/α-hetero) is 1. The van der Waals surface area contributed by atoms with E-state index in [2.05, 4.69) is 16.0 Å². The lowest BCUT2D eigenvalue weighted by Crippen LogP contribution is -2.33. The molecule has 2 amide bonds. The fourth-order valence-corrected chi connectivity index (χ4v) is 4.01. The maximum atomic E-state index is 12.6. The van der Waals surface area contributed by atoms with E-state index in [9.17, 15) is 14.4 Å². The molecule has 3 N–H and O–H groups in total. The molecule has 0 bridgehead atoms. The third kappa shape index (κ3) is 9.25. The molecule has 0 aromatic heterocycles. The van der Waals surface area contributed by atoms with Crippen molar-refractivity contribution in [2.75, 3.05) is 38.0 Å². The Morgan fingerprint density at radius 1 is 0.854 bits per heavy atom. The van der Waals surface area contributed by atoms with Crippen molar-refractivity contribution in [1.82, 2.24) is 5.32 Å². The third-order valence-electron chi connectivity index (χ3n) is 6.12. The molecule has 0 spiro atoms. The molecular weight excluding hydrogens is 526 g/mol. The number of hydrogen-bond acceptors (Lipinski definition) is 8. The Bertz CT molecular complexity index is 1360. The number of ether oxygens (including phenoxy) is 4. The summed E-state index contributed by atoms with van der Waals surface area (Å²) < 4.78 is 21.7. The Morgan fingerprint density at radius 2 is 1.59 bits per heavy atom. The van der Waals surface area contributed by atoms with Crippen molar-refractivity contribution in [3.63, 3.8) is 0 Å². The van der Waals surface area contributed by atoms with E-state index in [1.807, 2.05) is 38.1 Å². The molecule has 3 aromatic carbocycles. The van der Waals surface area contributed by atoms with Crippen LogP contribution in [0.2, 0.25) is 0 Å². The molecule has 218 valence electrons. The van der Waals surface area contributed by atoms with Gasteiger partial charge in [0.25, 0.3) is 0 Å². The molecule has 0 saturated carbocycles. The highest BCUT2D eigenvalue weighted by Gasteiger charge is 2.15. The van der Waals surface area contributed by atoms with Gasteiger partial charge in [-0.15, -0.1) is 0 Å². The van der Waals surface area contributed by atoms with Crippen LogP contribution < -0.4 is 30.2 Å². The van der Waals surface area contributed by atoms with E-state index in [1.165, 1.54) is 14.2 Å². The van der Waals surface area contributed by atoms with Gasteiger partial charge in [0.05, 0.1) is 32.1 Å². The molecule has 0 aliphatic carbocycles. The van der Waals surface area contributed by atoms with Crippen molar-refractivity contribution in [3.05, 3.63) is 77.4 Å². The molecule has 0 aliphatic rings. The number of carbonyl (C=O) groups excluding carboxylic acids is 3. The number of hydrogen-bond donors (Lipinski definition) is 3. The fraction of sp³-hybridized carbons (Fsp3) is 0.323. The van der Waals surface area contributed by atoms with Gasteiger partial charge in [0.15, 0.2) is 11.5 Å². The monoisotopic (exact) mass is 563 g/mol. The highest BCUT2D eigenvalue weighted by molar-refractivity contribution is 6.01. The molecule has 1 unspecified atom stereocenters. The van der Waals surface area contributed by atoms with Crippen LogP contribution in [0.1, 0.15) is 41.8 Å². The quantitative estimate of drug-likeness (QED) is 0.177. The lowest BCUT2D eigenvalue weighted by Gasteiger charge is -2.18. The van der Waals surface area contributed by atoms with Crippen LogP contribution in [0.15, 0.2) is 60.7 Å². The summed E-state index contributed by atoms with van der Waals surface area (Å²) in [5.41, 5.74) is 3.29. The van der Waals surface area contributed by atoms with Gasteiger partial charge in [-0.2, -0.15) is 0 Å². The maximum absolute atomic E-state index is 12.6. The van der Waals surface area contributed by atoms with Crippen LogP contribution in [0.3, 0.4) is 0 Å². The van der Waals surface area contributed by atoms with E-state index in [-0.39, 0.29) is 25.2 Å². The minimum absolute atomic E-state index is 0.0288. The number of anilines is 2. The Hall–Kier alpha value is -4.57. The Morgan fingerprint density at radius 3 is 2.29 bits per heavy atom. The summed E-state index contributed by atoms with van der Waals surface area (Å²) >= 11 is 0. The molecule has 3 aromatic rings. The highest BCUT2D eigenvalue weighted by Crippen LogP contribution is 2.29. The molecule has 41 heavy (non-hydrogen) atoms. The number of aryl methyl sites for hydroxylation is 1. The summed E-state index contributed by atoms with van der Waals surface area (Å²) in [6.45, 7) is 6.15. The number of nitrogens with one attached hydrogen (secondary N) is 3. The Labute approximate surface area is 240 Å². The normalized spacial score (nSPS) is 11.2. The molecule has 10 nitrogen and oxygen atoms in total. The van der Waals surface area contributed by atoms with Crippen LogP contribution in [0.5, 0.6) is 17.2 Å². The number of benzene rings is 3. The maximum Gasteiger partial charge on any atom is 0.338 e. The SMILES string of the molecule is CCOC(=O)c1ccc(OC(C)NCCC(=O)Cc2ccc(NC(=O)Nc3ccccc3C)c(OC)c2)c(OC)c1. The average molecular weight is 564 g/mol. The predicted octanol–water partition coefficient (Wildman–Crippen LogP) is 5.35. The van der Waals surface area contributed by atoms with E-state index in [0.29, 0.717) is 40.7 Å². The van der Waals surface area contributed by atoms with E-state index in [4.69, 9.17) is 18.9 Å². The van der Waals surface area contributed by atoms with E-state index >= 15 is 0 Å². The first-order valence-corrected chi connectivity index (χ1v) is 13.3. The first kappa shape index (κ1) is 31.0. The standard InChI is InChI=1S/C31H37N3O7/c1-6-40-30(36)23-12-14-27(29(19-23)39-5)41-21(3)32-16-15-24(35)17-22-11-13-26(28(18-22)38-4)34-31(37)33-25-10-8-7-9-20(25)2/h7-14,18-19,21,32H,6,15-17H2,1-5H3,(H2,33,34,37). The van der Waals surface area contributed by atoms with Crippen molar-refractivity contribution < 1.29 is 33.3 Å². The van der Waals surface area contributed by atoms with E-state index in [1.54, 1.807) is 43.3 Å². The van der Waals surface area contributed by atoms with Gasteiger partial charge in [-0.1, -0.05) is 24.3 Å². The van der Waals surface area contributed by atoms with Crippen LogP contribution in [-0.4, -0.2) is 51.4 Å². The van der Waals surface area contributed by atoms with Crippen molar-refractivity contribution in [2.24, 2.45) is 0 Å². The van der Waals surface area contributed by atoms with Crippen LogP contribution in [0, 0.1) is 6.92 Å². The molecule has 0 saturated heterocycles. The zero-order valence-corrected chi connectivity index (χ0v) is 24.0. The fourth-order valence-electron chi connectivity index (χ4n) is 4.01. The number of methoxy groups -OCH3 is 2. The smallest absolute Gasteiger partial charge is 0.338 e. The number of esters is 1. The summed E-state index contributed by atoms with van der Waals surface area (Å²) in [6, 6.07) is 17.2. The Kier molecular flexibility index (Phi) is 11.5. The van der Waals surface area contributed by atoms with Gasteiger partial charge < -0.3 is 29.6 Å². The van der Waals surface area contributed by atoms with Gasteiger partial charge in [-0.25, -0.2) is 9.59 Å². The van der Waals surface area contributed by atoms with Crippen LogP contribution >= 0.6 is 0 Å². The minimum Gasteiger partial charge on any atom is -0.495 e. The Balaban J connectivity index is 1.48. The van der Waals surface area contributed by atoms with Gasteiger partial charge in [-0.3, -0.25) is 10.1 Å². The number of rotatable bonds is 14.